The summed E-state index contributed by atoms with van der Waals surface area (Å²) < 4.78 is 11.5. The Morgan fingerprint density at radius 1 is 1.12 bits per heavy atom. The number of hydrogen-bond donors (Lipinski definition) is 1. The fourth-order valence-corrected chi connectivity index (χ4v) is 3.15. The van der Waals surface area contributed by atoms with Gasteiger partial charge < -0.3 is 14.8 Å². The van der Waals surface area contributed by atoms with Gasteiger partial charge in [0.2, 0.25) is 0 Å². The number of alkyl carbamates (subject to hydrolysis) is 1. The number of carbonyl (C=O) groups is 1. The summed E-state index contributed by atoms with van der Waals surface area (Å²) in [5.41, 5.74) is 0.479. The van der Waals surface area contributed by atoms with Crippen molar-refractivity contribution in [2.45, 2.75) is 64.2 Å². The summed E-state index contributed by atoms with van der Waals surface area (Å²) >= 11 is 0. The van der Waals surface area contributed by atoms with E-state index in [1.54, 1.807) is 6.20 Å². The predicted molar refractivity (Wildman–Crippen MR) is 97.8 cm³/mol. The van der Waals surface area contributed by atoms with Gasteiger partial charge in [0.15, 0.2) is 0 Å². The van der Waals surface area contributed by atoms with Crippen molar-refractivity contribution in [2.75, 3.05) is 0 Å². The lowest BCUT2D eigenvalue weighted by atomic mass is 9.93. The number of nitrogens with zero attached hydrogens (tertiary/aromatic N) is 1. The molecule has 1 aliphatic rings. The number of ether oxygens (including phenoxy) is 2. The lowest BCUT2D eigenvalue weighted by Gasteiger charge is -2.30. The molecule has 1 saturated carbocycles. The molecule has 0 radical (unpaired) electrons. The SMILES string of the molecule is CC(C)(C)OC(=O)NC1CCC(Oc2ccnc3ccccc23)CC1. The highest BCUT2D eigenvalue weighted by Crippen LogP contribution is 2.28. The summed E-state index contributed by atoms with van der Waals surface area (Å²) in [5.74, 6) is 0.883. The van der Waals surface area contributed by atoms with Crippen molar-refractivity contribution < 1.29 is 14.3 Å². The van der Waals surface area contributed by atoms with Crippen molar-refractivity contribution in [3.05, 3.63) is 36.5 Å². The van der Waals surface area contributed by atoms with Crippen LogP contribution >= 0.6 is 0 Å². The summed E-state index contributed by atoms with van der Waals surface area (Å²) in [4.78, 5) is 16.2. The van der Waals surface area contributed by atoms with E-state index < -0.39 is 5.60 Å². The first-order valence-corrected chi connectivity index (χ1v) is 8.91. The molecule has 25 heavy (non-hydrogen) atoms. The first-order chi connectivity index (χ1) is 11.9. The van der Waals surface area contributed by atoms with E-state index in [9.17, 15) is 4.79 Å². The molecule has 1 N–H and O–H groups in total. The molecule has 1 aromatic carbocycles. The zero-order valence-corrected chi connectivity index (χ0v) is 15.1. The van der Waals surface area contributed by atoms with Gasteiger partial charge in [-0.05, 0) is 64.7 Å². The van der Waals surface area contributed by atoms with Crippen molar-refractivity contribution in [2.24, 2.45) is 0 Å². The summed E-state index contributed by atoms with van der Waals surface area (Å²) in [6.45, 7) is 5.61. The van der Waals surface area contributed by atoms with Gasteiger partial charge in [-0.25, -0.2) is 4.79 Å². The summed E-state index contributed by atoms with van der Waals surface area (Å²) in [6, 6.07) is 10.1. The number of para-hydroxylation sites is 1. The van der Waals surface area contributed by atoms with Gasteiger partial charge in [-0.3, -0.25) is 4.98 Å². The van der Waals surface area contributed by atoms with E-state index in [1.807, 2.05) is 51.1 Å². The molecule has 1 heterocycles. The Labute approximate surface area is 148 Å². The lowest BCUT2D eigenvalue weighted by molar-refractivity contribution is 0.0471. The van der Waals surface area contributed by atoms with Crippen LogP contribution in [0.2, 0.25) is 0 Å². The molecule has 2 aromatic rings. The van der Waals surface area contributed by atoms with Gasteiger partial charge >= 0.3 is 6.09 Å². The van der Waals surface area contributed by atoms with E-state index in [-0.39, 0.29) is 18.2 Å². The lowest BCUT2D eigenvalue weighted by Crippen LogP contribution is -2.42. The number of rotatable bonds is 3. The van der Waals surface area contributed by atoms with Crippen molar-refractivity contribution in [3.8, 4) is 5.75 Å². The Balaban J connectivity index is 1.53. The Hall–Kier alpha value is -2.30. The average Bonchev–Trinajstić information content (AvgIpc) is 2.55. The van der Waals surface area contributed by atoms with Crippen LogP contribution in [0.3, 0.4) is 0 Å². The van der Waals surface area contributed by atoms with Crippen LogP contribution in [0.15, 0.2) is 36.5 Å². The number of benzene rings is 1. The topological polar surface area (TPSA) is 60.5 Å². The van der Waals surface area contributed by atoms with E-state index in [0.717, 1.165) is 42.3 Å². The first-order valence-electron chi connectivity index (χ1n) is 8.91. The third-order valence-electron chi connectivity index (χ3n) is 4.30. The van der Waals surface area contributed by atoms with Crippen LogP contribution in [0.5, 0.6) is 5.75 Å². The molecule has 0 aliphatic heterocycles. The molecule has 0 unspecified atom stereocenters. The second kappa shape index (κ2) is 7.30. The van der Waals surface area contributed by atoms with E-state index in [4.69, 9.17) is 9.47 Å². The molecule has 5 heteroatoms. The summed E-state index contributed by atoms with van der Waals surface area (Å²) in [5, 5.41) is 4.00. The smallest absolute Gasteiger partial charge is 0.407 e. The molecule has 0 spiro atoms. The Morgan fingerprint density at radius 2 is 1.84 bits per heavy atom. The van der Waals surface area contributed by atoms with E-state index >= 15 is 0 Å². The standard InChI is InChI=1S/C20H26N2O3/c1-20(2,3)25-19(23)22-14-8-10-15(11-9-14)24-18-12-13-21-17-7-5-4-6-16(17)18/h4-7,12-15H,8-11H2,1-3H3,(H,22,23). The maximum atomic E-state index is 11.9. The molecule has 134 valence electrons. The zero-order chi connectivity index (χ0) is 17.9. The number of carbonyl (C=O) groups excluding carboxylic acids is 1. The number of nitrogens with one attached hydrogen (secondary N) is 1. The van der Waals surface area contributed by atoms with Crippen LogP contribution in [-0.2, 0) is 4.74 Å². The van der Waals surface area contributed by atoms with Crippen molar-refractivity contribution in [3.63, 3.8) is 0 Å². The minimum Gasteiger partial charge on any atom is -0.490 e. The van der Waals surface area contributed by atoms with Crippen LogP contribution in [0.25, 0.3) is 10.9 Å². The first kappa shape index (κ1) is 17.5. The summed E-state index contributed by atoms with van der Waals surface area (Å²) in [6.07, 6.45) is 5.24. The number of fused-ring (bicyclic) bond motifs is 1. The van der Waals surface area contributed by atoms with Gasteiger partial charge in [-0.2, -0.15) is 0 Å². The van der Waals surface area contributed by atoms with Gasteiger partial charge in [-0.1, -0.05) is 12.1 Å². The molecule has 1 fully saturated rings. The third kappa shape index (κ3) is 4.84. The molecule has 1 aromatic heterocycles. The second-order valence-corrected chi connectivity index (χ2v) is 7.56. The highest BCUT2D eigenvalue weighted by Gasteiger charge is 2.26. The molecule has 5 nitrogen and oxygen atoms in total. The molecule has 0 saturated heterocycles. The maximum absolute atomic E-state index is 11.9. The molecule has 0 bridgehead atoms. The van der Waals surface area contributed by atoms with Gasteiger partial charge in [-0.15, -0.1) is 0 Å². The van der Waals surface area contributed by atoms with Gasteiger partial charge in [0, 0.05) is 17.6 Å². The van der Waals surface area contributed by atoms with Gasteiger partial charge in [0.25, 0.3) is 0 Å². The number of amides is 1. The van der Waals surface area contributed by atoms with Crippen LogP contribution in [0.4, 0.5) is 4.79 Å². The Kier molecular flexibility index (Phi) is 5.11. The van der Waals surface area contributed by atoms with Crippen LogP contribution in [0.1, 0.15) is 46.5 Å². The molecular weight excluding hydrogens is 316 g/mol. The largest absolute Gasteiger partial charge is 0.490 e. The fourth-order valence-electron chi connectivity index (χ4n) is 3.15. The van der Waals surface area contributed by atoms with Crippen molar-refractivity contribution in [1.82, 2.24) is 10.3 Å². The predicted octanol–water partition coefficient (Wildman–Crippen LogP) is 4.45. The molecule has 1 amide bonds. The van der Waals surface area contributed by atoms with E-state index in [1.165, 1.54) is 0 Å². The molecule has 3 rings (SSSR count). The Morgan fingerprint density at radius 3 is 2.56 bits per heavy atom. The van der Waals surface area contributed by atoms with Crippen LogP contribution in [0, 0.1) is 0 Å². The number of hydrogen-bond acceptors (Lipinski definition) is 4. The minimum absolute atomic E-state index is 0.156. The second-order valence-electron chi connectivity index (χ2n) is 7.56. The zero-order valence-electron chi connectivity index (χ0n) is 15.1. The van der Waals surface area contributed by atoms with Crippen LogP contribution in [-0.4, -0.2) is 28.8 Å². The molecule has 0 atom stereocenters. The van der Waals surface area contributed by atoms with E-state index in [0.29, 0.717) is 0 Å². The highest BCUT2D eigenvalue weighted by atomic mass is 16.6. The molecule has 1 aliphatic carbocycles. The fraction of sp³-hybridized carbons (Fsp3) is 0.500. The molecular formula is C20H26N2O3. The monoisotopic (exact) mass is 342 g/mol. The van der Waals surface area contributed by atoms with Crippen LogP contribution < -0.4 is 10.1 Å². The normalized spacial score (nSPS) is 20.9. The average molecular weight is 342 g/mol. The quantitative estimate of drug-likeness (QED) is 0.895. The third-order valence-corrected chi connectivity index (χ3v) is 4.30. The van der Waals surface area contributed by atoms with E-state index in [2.05, 4.69) is 10.3 Å². The van der Waals surface area contributed by atoms with Gasteiger partial charge in [0.05, 0.1) is 11.6 Å². The van der Waals surface area contributed by atoms with Crippen molar-refractivity contribution >= 4 is 17.0 Å². The number of pyridine rings is 1. The van der Waals surface area contributed by atoms with Gasteiger partial charge in [0.1, 0.15) is 11.4 Å². The minimum atomic E-state index is -0.465. The highest BCUT2D eigenvalue weighted by molar-refractivity contribution is 5.84. The maximum Gasteiger partial charge on any atom is 0.407 e. The Bertz CT molecular complexity index is 726. The number of aromatic nitrogens is 1. The van der Waals surface area contributed by atoms with Crippen molar-refractivity contribution in [1.29, 1.82) is 0 Å². The summed E-state index contributed by atoms with van der Waals surface area (Å²) in [7, 11) is 0.